The smallest absolute Gasteiger partial charge is 0.272 e. The van der Waals surface area contributed by atoms with E-state index in [1.165, 1.54) is 12.1 Å². The van der Waals surface area contributed by atoms with Gasteiger partial charge in [-0.2, -0.15) is 0 Å². The van der Waals surface area contributed by atoms with E-state index < -0.39 is 4.92 Å². The number of anilines is 1. The van der Waals surface area contributed by atoms with Gasteiger partial charge in [0.15, 0.2) is 0 Å². The van der Waals surface area contributed by atoms with Gasteiger partial charge in [-0.1, -0.05) is 30.1 Å². The van der Waals surface area contributed by atoms with Gasteiger partial charge >= 0.3 is 0 Å². The van der Waals surface area contributed by atoms with E-state index in [4.69, 9.17) is 23.2 Å². The standard InChI is InChI=1S/C14H17Cl2N3O3/c1-2-4-17-5-3-6-18(9-13(17)20)14-11(15)7-10(19(21)22)8-12(14)16/h7-8H,2-6,9H2,1H3. The lowest BCUT2D eigenvalue weighted by atomic mass is 10.2. The van der Waals surface area contributed by atoms with Crippen LogP contribution in [0, 0.1) is 10.1 Å². The van der Waals surface area contributed by atoms with Crippen molar-refractivity contribution in [1.82, 2.24) is 4.90 Å². The molecule has 0 unspecified atom stereocenters. The number of nitro groups is 1. The number of benzene rings is 1. The highest BCUT2D eigenvalue weighted by Gasteiger charge is 2.25. The Morgan fingerprint density at radius 1 is 1.27 bits per heavy atom. The number of carbonyl (C=O) groups is 1. The van der Waals surface area contributed by atoms with Gasteiger partial charge in [-0.05, 0) is 12.8 Å². The Labute approximate surface area is 138 Å². The van der Waals surface area contributed by atoms with Crippen molar-refractivity contribution >= 4 is 40.5 Å². The molecule has 1 fully saturated rings. The number of halogens is 2. The van der Waals surface area contributed by atoms with Gasteiger partial charge in [-0.15, -0.1) is 0 Å². The minimum Gasteiger partial charge on any atom is -0.360 e. The fourth-order valence-electron chi connectivity index (χ4n) is 2.58. The lowest BCUT2D eigenvalue weighted by Gasteiger charge is -2.24. The van der Waals surface area contributed by atoms with E-state index >= 15 is 0 Å². The van der Waals surface area contributed by atoms with Crippen molar-refractivity contribution in [3.05, 3.63) is 32.3 Å². The van der Waals surface area contributed by atoms with Gasteiger partial charge < -0.3 is 9.80 Å². The van der Waals surface area contributed by atoms with Crippen LogP contribution in [0.25, 0.3) is 0 Å². The highest BCUT2D eigenvalue weighted by molar-refractivity contribution is 6.39. The molecule has 0 radical (unpaired) electrons. The predicted octanol–water partition coefficient (Wildman–Crippen LogP) is 3.35. The molecule has 6 nitrogen and oxygen atoms in total. The summed E-state index contributed by atoms with van der Waals surface area (Å²) in [7, 11) is 0. The van der Waals surface area contributed by atoms with E-state index in [0.717, 1.165) is 19.4 Å². The molecule has 0 aromatic heterocycles. The van der Waals surface area contributed by atoms with Gasteiger partial charge in [0, 0.05) is 31.8 Å². The number of hydrogen-bond donors (Lipinski definition) is 0. The van der Waals surface area contributed by atoms with E-state index in [1.807, 2.05) is 11.8 Å². The van der Waals surface area contributed by atoms with Crippen LogP contribution < -0.4 is 4.90 Å². The van der Waals surface area contributed by atoms with Crippen molar-refractivity contribution in [1.29, 1.82) is 0 Å². The number of rotatable bonds is 4. The van der Waals surface area contributed by atoms with Gasteiger partial charge in [0.2, 0.25) is 5.91 Å². The number of nitrogens with zero attached hydrogens (tertiary/aromatic N) is 3. The first-order chi connectivity index (χ1) is 10.4. The number of non-ortho nitro benzene ring substituents is 1. The molecular formula is C14H17Cl2N3O3. The zero-order chi connectivity index (χ0) is 16.3. The third-order valence-corrected chi connectivity index (χ3v) is 4.13. The average Bonchev–Trinajstić information content (AvgIpc) is 2.61. The highest BCUT2D eigenvalue weighted by Crippen LogP contribution is 2.37. The summed E-state index contributed by atoms with van der Waals surface area (Å²) in [6.07, 6.45) is 1.71. The molecule has 0 N–H and O–H groups in total. The van der Waals surface area contributed by atoms with Crippen molar-refractivity contribution in [2.45, 2.75) is 19.8 Å². The third kappa shape index (κ3) is 3.62. The molecule has 0 atom stereocenters. The molecule has 0 saturated carbocycles. The second kappa shape index (κ2) is 7.15. The van der Waals surface area contributed by atoms with Crippen LogP contribution in [0.2, 0.25) is 10.0 Å². The molecule has 22 heavy (non-hydrogen) atoms. The minimum absolute atomic E-state index is 0.0184. The molecule has 2 rings (SSSR count). The van der Waals surface area contributed by atoms with Crippen LogP contribution in [0.4, 0.5) is 11.4 Å². The maximum Gasteiger partial charge on any atom is 0.272 e. The van der Waals surface area contributed by atoms with Crippen LogP contribution >= 0.6 is 23.2 Å². The average molecular weight is 346 g/mol. The molecule has 0 aliphatic carbocycles. The van der Waals surface area contributed by atoms with Crippen molar-refractivity contribution in [3.8, 4) is 0 Å². The largest absolute Gasteiger partial charge is 0.360 e. The van der Waals surface area contributed by atoms with Crippen molar-refractivity contribution in [2.75, 3.05) is 31.1 Å². The summed E-state index contributed by atoms with van der Waals surface area (Å²) in [4.78, 5) is 26.2. The van der Waals surface area contributed by atoms with Crippen molar-refractivity contribution < 1.29 is 9.72 Å². The van der Waals surface area contributed by atoms with Gasteiger partial charge in [-0.25, -0.2) is 0 Å². The Kier molecular flexibility index (Phi) is 5.47. The van der Waals surface area contributed by atoms with Gasteiger partial charge in [0.25, 0.3) is 5.69 Å². The molecule has 1 aliphatic rings. The Morgan fingerprint density at radius 3 is 2.45 bits per heavy atom. The van der Waals surface area contributed by atoms with Crippen LogP contribution in [0.5, 0.6) is 0 Å². The summed E-state index contributed by atoms with van der Waals surface area (Å²) in [5.74, 6) is 0.0184. The number of hydrogen-bond acceptors (Lipinski definition) is 4. The monoisotopic (exact) mass is 345 g/mol. The molecule has 0 spiro atoms. The first-order valence-electron chi connectivity index (χ1n) is 7.10. The second-order valence-electron chi connectivity index (χ2n) is 5.17. The van der Waals surface area contributed by atoms with Crippen molar-refractivity contribution in [2.24, 2.45) is 0 Å². The molecule has 1 aliphatic heterocycles. The fraction of sp³-hybridized carbons (Fsp3) is 0.500. The molecule has 120 valence electrons. The van der Waals surface area contributed by atoms with Crippen LogP contribution in [0.15, 0.2) is 12.1 Å². The van der Waals surface area contributed by atoms with Crippen LogP contribution in [-0.2, 0) is 4.79 Å². The van der Waals surface area contributed by atoms with E-state index in [2.05, 4.69) is 0 Å². The second-order valence-corrected chi connectivity index (χ2v) is 5.99. The molecule has 0 bridgehead atoms. The molecular weight excluding hydrogens is 329 g/mol. The first-order valence-corrected chi connectivity index (χ1v) is 7.85. The Bertz CT molecular complexity index is 572. The van der Waals surface area contributed by atoms with E-state index in [0.29, 0.717) is 18.8 Å². The van der Waals surface area contributed by atoms with Gasteiger partial charge in [0.1, 0.15) is 0 Å². The summed E-state index contributed by atoms with van der Waals surface area (Å²) >= 11 is 12.3. The van der Waals surface area contributed by atoms with E-state index in [9.17, 15) is 14.9 Å². The normalized spacial score (nSPS) is 15.9. The van der Waals surface area contributed by atoms with Gasteiger partial charge in [-0.3, -0.25) is 14.9 Å². The predicted molar refractivity (Wildman–Crippen MR) is 86.8 cm³/mol. The van der Waals surface area contributed by atoms with E-state index in [1.54, 1.807) is 4.90 Å². The molecule has 1 aromatic rings. The zero-order valence-corrected chi connectivity index (χ0v) is 13.7. The SMILES string of the molecule is CCCN1CCCN(c2c(Cl)cc([N+](=O)[O-])cc2Cl)CC1=O. The minimum atomic E-state index is -0.544. The molecule has 1 saturated heterocycles. The van der Waals surface area contributed by atoms with Gasteiger partial charge in [0.05, 0.1) is 27.2 Å². The summed E-state index contributed by atoms with van der Waals surface area (Å²) in [6, 6.07) is 2.53. The quantitative estimate of drug-likeness (QED) is 0.619. The first kappa shape index (κ1) is 16.8. The van der Waals surface area contributed by atoms with Crippen LogP contribution in [0.3, 0.4) is 0 Å². The highest BCUT2D eigenvalue weighted by atomic mass is 35.5. The number of carbonyl (C=O) groups excluding carboxylic acids is 1. The number of nitro benzene ring substituents is 1. The Morgan fingerprint density at radius 2 is 1.91 bits per heavy atom. The Balaban J connectivity index is 2.28. The summed E-state index contributed by atoms with van der Waals surface area (Å²) < 4.78 is 0. The maximum absolute atomic E-state index is 12.3. The summed E-state index contributed by atoms with van der Waals surface area (Å²) in [6.45, 7) is 4.26. The maximum atomic E-state index is 12.3. The molecule has 1 amide bonds. The molecule has 1 heterocycles. The van der Waals surface area contributed by atoms with Crippen molar-refractivity contribution in [3.63, 3.8) is 0 Å². The Hall–Kier alpha value is -1.53. The molecule has 1 aromatic carbocycles. The lowest BCUT2D eigenvalue weighted by molar-refractivity contribution is -0.384. The lowest BCUT2D eigenvalue weighted by Crippen LogP contribution is -2.37. The molecule has 8 heteroatoms. The number of amides is 1. The third-order valence-electron chi connectivity index (χ3n) is 3.56. The fourth-order valence-corrected chi connectivity index (χ4v) is 3.29. The summed E-state index contributed by atoms with van der Waals surface area (Å²) in [5.41, 5.74) is 0.327. The van der Waals surface area contributed by atoms with E-state index in [-0.39, 0.29) is 28.2 Å². The summed E-state index contributed by atoms with van der Waals surface area (Å²) in [5, 5.41) is 11.2. The van der Waals surface area contributed by atoms with Crippen LogP contribution in [-0.4, -0.2) is 41.9 Å². The zero-order valence-electron chi connectivity index (χ0n) is 12.2. The topological polar surface area (TPSA) is 66.7 Å². The van der Waals surface area contributed by atoms with Crippen LogP contribution in [0.1, 0.15) is 19.8 Å².